The molecule has 3 aromatic carbocycles. The Morgan fingerprint density at radius 2 is 1.75 bits per heavy atom. The van der Waals surface area contributed by atoms with Crippen LogP contribution in [0.5, 0.6) is 5.75 Å². The molecule has 24 heavy (non-hydrogen) atoms. The summed E-state index contributed by atoms with van der Waals surface area (Å²) in [5.74, 6) is -0.585. The molecule has 0 bridgehead atoms. The van der Waals surface area contributed by atoms with Crippen molar-refractivity contribution in [1.82, 2.24) is 0 Å². The van der Waals surface area contributed by atoms with Crippen LogP contribution in [0.25, 0.3) is 10.8 Å². The second kappa shape index (κ2) is 6.75. The summed E-state index contributed by atoms with van der Waals surface area (Å²) in [4.78, 5) is 11.7. The van der Waals surface area contributed by atoms with E-state index in [1.54, 1.807) is 12.1 Å². The van der Waals surface area contributed by atoms with E-state index in [4.69, 9.17) is 4.74 Å². The zero-order valence-electron chi connectivity index (χ0n) is 13.9. The number of carbonyl (C=O) groups is 1. The molecule has 0 spiro atoms. The number of hydrogen-bond acceptors (Lipinski definition) is 3. The maximum atomic E-state index is 11.7. The maximum absolute atomic E-state index is 11.7. The summed E-state index contributed by atoms with van der Waals surface area (Å²) in [6, 6.07) is 17.9. The van der Waals surface area contributed by atoms with Crippen LogP contribution >= 0.6 is 0 Å². The van der Waals surface area contributed by atoms with Gasteiger partial charge in [0.25, 0.3) is 0 Å². The van der Waals surface area contributed by atoms with Crippen LogP contribution in [0.2, 0.25) is 0 Å². The summed E-state index contributed by atoms with van der Waals surface area (Å²) >= 11 is 0. The number of rotatable bonds is 4. The number of carbonyl (C=O) groups excluding carboxylic acids is 1. The van der Waals surface area contributed by atoms with Crippen molar-refractivity contribution in [3.63, 3.8) is 0 Å². The predicted molar refractivity (Wildman–Crippen MR) is 95.6 cm³/mol. The molecule has 3 heteroatoms. The zero-order valence-corrected chi connectivity index (χ0v) is 13.9. The summed E-state index contributed by atoms with van der Waals surface area (Å²) in [6.45, 7) is 2.14. The van der Waals surface area contributed by atoms with Crippen LogP contribution in [0.3, 0.4) is 0 Å². The molecule has 122 valence electrons. The Morgan fingerprint density at radius 3 is 2.42 bits per heavy atom. The normalized spacial score (nSPS) is 10.8. The van der Waals surface area contributed by atoms with Crippen molar-refractivity contribution in [3.05, 3.63) is 76.9 Å². The third-order valence-corrected chi connectivity index (χ3v) is 4.32. The molecule has 1 N–H and O–H groups in total. The van der Waals surface area contributed by atoms with Gasteiger partial charge in [0.2, 0.25) is 0 Å². The predicted octanol–water partition coefficient (Wildman–Crippen LogP) is 4.49. The minimum Gasteiger partial charge on any atom is -0.507 e. The fourth-order valence-electron chi connectivity index (χ4n) is 2.92. The summed E-state index contributed by atoms with van der Waals surface area (Å²) in [5.41, 5.74) is 3.84. The highest BCUT2D eigenvalue weighted by Crippen LogP contribution is 2.29. The minimum atomic E-state index is -0.532. The molecule has 3 rings (SSSR count). The lowest BCUT2D eigenvalue weighted by atomic mass is 9.96. The van der Waals surface area contributed by atoms with Gasteiger partial charge in [0.05, 0.1) is 7.11 Å². The van der Waals surface area contributed by atoms with Crippen LogP contribution in [0.1, 0.15) is 34.0 Å². The van der Waals surface area contributed by atoms with Gasteiger partial charge in [-0.15, -0.1) is 0 Å². The molecule has 0 aliphatic rings. The van der Waals surface area contributed by atoms with E-state index in [1.165, 1.54) is 18.2 Å². The molecule has 0 saturated carbocycles. The number of ether oxygens (including phenoxy) is 1. The molecule has 0 aliphatic carbocycles. The molecule has 0 radical (unpaired) electrons. The highest BCUT2D eigenvalue weighted by Gasteiger charge is 2.14. The first-order valence-corrected chi connectivity index (χ1v) is 8.03. The van der Waals surface area contributed by atoms with E-state index >= 15 is 0 Å². The summed E-state index contributed by atoms with van der Waals surface area (Å²) in [6.07, 6.45) is 1.80. The van der Waals surface area contributed by atoms with Gasteiger partial charge < -0.3 is 9.84 Å². The number of aryl methyl sites for hydroxylation is 1. The Hall–Kier alpha value is -2.81. The first-order chi connectivity index (χ1) is 11.6. The minimum absolute atomic E-state index is 0.0527. The van der Waals surface area contributed by atoms with Crippen molar-refractivity contribution >= 4 is 16.7 Å². The lowest BCUT2D eigenvalue weighted by Gasteiger charge is -2.10. The summed E-state index contributed by atoms with van der Waals surface area (Å²) in [5, 5.41) is 12.0. The average molecular weight is 320 g/mol. The van der Waals surface area contributed by atoms with Gasteiger partial charge in [-0.25, -0.2) is 4.79 Å². The van der Waals surface area contributed by atoms with Crippen LogP contribution < -0.4 is 0 Å². The molecule has 0 heterocycles. The van der Waals surface area contributed by atoms with Gasteiger partial charge in [0.1, 0.15) is 11.3 Å². The largest absolute Gasteiger partial charge is 0.507 e. The van der Waals surface area contributed by atoms with Crippen molar-refractivity contribution in [2.24, 2.45) is 0 Å². The monoisotopic (exact) mass is 320 g/mol. The van der Waals surface area contributed by atoms with Gasteiger partial charge in [0.15, 0.2) is 0 Å². The van der Waals surface area contributed by atoms with E-state index in [-0.39, 0.29) is 11.3 Å². The number of hydrogen-bond donors (Lipinski definition) is 1. The first-order valence-electron chi connectivity index (χ1n) is 8.03. The fourth-order valence-corrected chi connectivity index (χ4v) is 2.92. The Balaban J connectivity index is 2.01. The van der Waals surface area contributed by atoms with Gasteiger partial charge >= 0.3 is 5.97 Å². The summed E-state index contributed by atoms with van der Waals surface area (Å²) in [7, 11) is 1.31. The van der Waals surface area contributed by atoms with Crippen molar-refractivity contribution in [2.75, 3.05) is 7.11 Å². The highest BCUT2D eigenvalue weighted by molar-refractivity contribution is 5.99. The Kier molecular flexibility index (Phi) is 4.52. The van der Waals surface area contributed by atoms with Gasteiger partial charge in [0, 0.05) is 0 Å². The van der Waals surface area contributed by atoms with E-state index in [1.807, 2.05) is 18.2 Å². The smallest absolute Gasteiger partial charge is 0.341 e. The standard InChI is InChI=1S/C21H20O3/c1-3-14-7-9-15(10-8-14)11-16-5-4-6-17-12-19(21(23)24-2)20(22)13-18(16)17/h4-10,12-13,22H,3,11H2,1-2H3. The van der Waals surface area contributed by atoms with E-state index < -0.39 is 5.97 Å². The average Bonchev–Trinajstić information content (AvgIpc) is 2.62. The molecular weight excluding hydrogens is 300 g/mol. The van der Waals surface area contributed by atoms with Crippen LogP contribution in [-0.4, -0.2) is 18.2 Å². The number of methoxy groups -OCH3 is 1. The van der Waals surface area contributed by atoms with Crippen LogP contribution in [0, 0.1) is 0 Å². The molecule has 0 aliphatic heterocycles. The number of aromatic hydroxyl groups is 1. The van der Waals surface area contributed by atoms with Crippen molar-refractivity contribution in [1.29, 1.82) is 0 Å². The van der Waals surface area contributed by atoms with Gasteiger partial charge in [-0.3, -0.25) is 0 Å². The van der Waals surface area contributed by atoms with Crippen LogP contribution in [0.4, 0.5) is 0 Å². The topological polar surface area (TPSA) is 46.5 Å². The SMILES string of the molecule is CCc1ccc(Cc2cccc3cc(C(=O)OC)c(O)cc23)cc1. The number of phenols is 1. The Morgan fingerprint density at radius 1 is 1.04 bits per heavy atom. The van der Waals surface area contributed by atoms with E-state index in [2.05, 4.69) is 31.2 Å². The van der Waals surface area contributed by atoms with E-state index in [9.17, 15) is 9.90 Å². The van der Waals surface area contributed by atoms with Crippen molar-refractivity contribution in [2.45, 2.75) is 19.8 Å². The highest BCUT2D eigenvalue weighted by atomic mass is 16.5. The van der Waals surface area contributed by atoms with Crippen LogP contribution in [-0.2, 0) is 17.6 Å². The first kappa shape index (κ1) is 16.1. The number of esters is 1. The van der Waals surface area contributed by atoms with Crippen molar-refractivity contribution < 1.29 is 14.6 Å². The quantitative estimate of drug-likeness (QED) is 0.721. The molecule has 0 unspecified atom stereocenters. The molecule has 0 fully saturated rings. The number of phenolic OH excluding ortho intramolecular Hbond substituents is 1. The number of fused-ring (bicyclic) bond motifs is 1. The second-order valence-electron chi connectivity index (χ2n) is 5.85. The van der Waals surface area contributed by atoms with Crippen LogP contribution in [0.15, 0.2) is 54.6 Å². The maximum Gasteiger partial charge on any atom is 0.341 e. The molecule has 0 aromatic heterocycles. The zero-order chi connectivity index (χ0) is 17.1. The lowest BCUT2D eigenvalue weighted by molar-refractivity contribution is 0.0597. The van der Waals surface area contributed by atoms with E-state index in [0.717, 1.165) is 29.2 Å². The molecule has 0 amide bonds. The number of benzene rings is 3. The molecule has 0 saturated heterocycles. The molecular formula is C21H20O3. The fraction of sp³-hybridized carbons (Fsp3) is 0.190. The Bertz CT molecular complexity index is 879. The Labute approximate surface area is 141 Å². The summed E-state index contributed by atoms with van der Waals surface area (Å²) < 4.78 is 4.71. The van der Waals surface area contributed by atoms with Gasteiger partial charge in [-0.1, -0.05) is 49.4 Å². The third kappa shape index (κ3) is 3.11. The molecule has 0 atom stereocenters. The lowest BCUT2D eigenvalue weighted by Crippen LogP contribution is -2.02. The van der Waals surface area contributed by atoms with E-state index in [0.29, 0.717) is 0 Å². The second-order valence-corrected chi connectivity index (χ2v) is 5.85. The van der Waals surface area contributed by atoms with Crippen molar-refractivity contribution in [3.8, 4) is 5.75 Å². The van der Waals surface area contributed by atoms with Gasteiger partial charge in [-0.05, 0) is 52.4 Å². The van der Waals surface area contributed by atoms with Gasteiger partial charge in [-0.2, -0.15) is 0 Å². The molecule has 3 nitrogen and oxygen atoms in total. The molecule has 3 aromatic rings. The third-order valence-electron chi connectivity index (χ3n) is 4.32.